The van der Waals surface area contributed by atoms with Crippen LogP contribution in [0.4, 0.5) is 13.6 Å². The number of primary amides is 1. The van der Waals surface area contributed by atoms with E-state index in [0.717, 1.165) is 4.90 Å². The maximum atomic E-state index is 11.7. The van der Waals surface area contributed by atoms with Crippen LogP contribution in [0.25, 0.3) is 0 Å². The van der Waals surface area contributed by atoms with Crippen LogP contribution in [-0.2, 0) is 4.74 Å². The molecule has 1 aliphatic rings. The molecule has 1 amide bonds. The summed E-state index contributed by atoms with van der Waals surface area (Å²) in [6.45, 7) is -2.33. The Morgan fingerprint density at radius 3 is 2.55 bits per heavy atom. The molecule has 1 heterocycles. The highest BCUT2D eigenvalue weighted by atomic mass is 19.3. The van der Waals surface area contributed by atoms with Gasteiger partial charge in [-0.25, -0.2) is 9.69 Å². The Bertz CT molecular complexity index is 159. The molecule has 4 nitrogen and oxygen atoms in total. The molecule has 0 spiro atoms. The first-order chi connectivity index (χ1) is 5.09. The Morgan fingerprint density at radius 2 is 2.18 bits per heavy atom. The predicted octanol–water partition coefficient (Wildman–Crippen LogP) is -0.0115. The summed E-state index contributed by atoms with van der Waals surface area (Å²) in [5.41, 5.74) is 4.66. The third-order valence-corrected chi connectivity index (χ3v) is 1.44. The van der Waals surface area contributed by atoms with E-state index in [0.29, 0.717) is 0 Å². The summed E-state index contributed by atoms with van der Waals surface area (Å²) in [4.78, 5) is 11.0. The molecular weight excluding hydrogens is 158 g/mol. The number of nitrogens with zero attached hydrogens (tertiary/aromatic N) is 1. The van der Waals surface area contributed by atoms with E-state index in [2.05, 4.69) is 10.5 Å². The van der Waals surface area contributed by atoms with Crippen LogP contribution < -0.4 is 5.73 Å². The molecule has 0 aromatic carbocycles. The van der Waals surface area contributed by atoms with Crippen molar-refractivity contribution < 1.29 is 18.3 Å². The zero-order valence-electron chi connectivity index (χ0n) is 5.67. The summed E-state index contributed by atoms with van der Waals surface area (Å²) in [6.07, 6.45) is -1.37. The van der Waals surface area contributed by atoms with E-state index in [4.69, 9.17) is 0 Å². The number of nitrogens with two attached hydrogens (primary N) is 1. The smallest absolute Gasteiger partial charge is 0.404 e. The highest BCUT2D eigenvalue weighted by Crippen LogP contribution is 2.16. The molecule has 0 aromatic rings. The van der Waals surface area contributed by atoms with Crippen molar-refractivity contribution in [3.63, 3.8) is 0 Å². The van der Waals surface area contributed by atoms with Gasteiger partial charge in [0.25, 0.3) is 6.55 Å². The molecule has 0 radical (unpaired) electrons. The Morgan fingerprint density at radius 1 is 1.64 bits per heavy atom. The average molecular weight is 166 g/mol. The molecule has 1 saturated heterocycles. The standard InChI is InChI=1S/C5H8F2N2O2/c6-4(7)9-1-3(2-9)11-5(8)10/h3-4H,1-2H2,(H2,8,10). The van der Waals surface area contributed by atoms with Gasteiger partial charge >= 0.3 is 6.09 Å². The number of amides is 1. The minimum atomic E-state index is -2.47. The van der Waals surface area contributed by atoms with E-state index in [1.54, 1.807) is 0 Å². The van der Waals surface area contributed by atoms with Crippen molar-refractivity contribution in [2.75, 3.05) is 13.1 Å². The average Bonchev–Trinajstić information content (AvgIpc) is 1.75. The second-order valence-electron chi connectivity index (χ2n) is 2.29. The van der Waals surface area contributed by atoms with Crippen LogP contribution in [0.15, 0.2) is 0 Å². The Labute approximate surface area is 61.9 Å². The number of hydrogen-bond acceptors (Lipinski definition) is 3. The van der Waals surface area contributed by atoms with Crippen LogP contribution in [0.5, 0.6) is 0 Å². The molecular formula is C5H8F2N2O2. The van der Waals surface area contributed by atoms with Crippen LogP contribution in [0.1, 0.15) is 0 Å². The van der Waals surface area contributed by atoms with Crippen molar-refractivity contribution >= 4 is 6.09 Å². The number of halogens is 2. The number of rotatable bonds is 2. The van der Waals surface area contributed by atoms with Crippen molar-refractivity contribution in [1.29, 1.82) is 0 Å². The third-order valence-electron chi connectivity index (χ3n) is 1.44. The van der Waals surface area contributed by atoms with Gasteiger partial charge in [0.05, 0.1) is 0 Å². The molecule has 64 valence electrons. The lowest BCUT2D eigenvalue weighted by atomic mass is 10.2. The highest BCUT2D eigenvalue weighted by molar-refractivity contribution is 5.64. The van der Waals surface area contributed by atoms with E-state index < -0.39 is 18.7 Å². The van der Waals surface area contributed by atoms with E-state index >= 15 is 0 Å². The van der Waals surface area contributed by atoms with Crippen molar-refractivity contribution in [2.24, 2.45) is 5.73 Å². The number of hydrogen-bond donors (Lipinski definition) is 1. The SMILES string of the molecule is NC(=O)OC1CN(C(F)F)C1. The summed E-state index contributed by atoms with van der Waals surface area (Å²) >= 11 is 0. The maximum Gasteiger partial charge on any atom is 0.404 e. The van der Waals surface area contributed by atoms with Gasteiger partial charge in [-0.3, -0.25) is 0 Å². The van der Waals surface area contributed by atoms with Crippen molar-refractivity contribution in [3.05, 3.63) is 0 Å². The first-order valence-electron chi connectivity index (χ1n) is 3.08. The normalized spacial score (nSPS) is 19.9. The molecule has 0 saturated carbocycles. The van der Waals surface area contributed by atoms with Crippen LogP contribution in [-0.4, -0.2) is 36.7 Å². The first kappa shape index (κ1) is 8.19. The van der Waals surface area contributed by atoms with Crippen LogP contribution in [0, 0.1) is 0 Å². The second-order valence-corrected chi connectivity index (χ2v) is 2.29. The topological polar surface area (TPSA) is 55.6 Å². The van der Waals surface area contributed by atoms with Gasteiger partial charge < -0.3 is 10.5 Å². The number of likely N-dealkylation sites (tertiary alicyclic amines) is 1. The van der Waals surface area contributed by atoms with E-state index in [1.165, 1.54) is 0 Å². The molecule has 0 unspecified atom stereocenters. The zero-order valence-corrected chi connectivity index (χ0v) is 5.67. The van der Waals surface area contributed by atoms with Gasteiger partial charge in [-0.1, -0.05) is 0 Å². The van der Waals surface area contributed by atoms with Gasteiger partial charge in [-0.05, 0) is 0 Å². The highest BCUT2D eigenvalue weighted by Gasteiger charge is 2.34. The van der Waals surface area contributed by atoms with Gasteiger partial charge in [0.2, 0.25) is 0 Å². The third kappa shape index (κ3) is 2.01. The molecule has 1 aliphatic heterocycles. The van der Waals surface area contributed by atoms with E-state index in [9.17, 15) is 13.6 Å². The predicted molar refractivity (Wildman–Crippen MR) is 32.0 cm³/mol. The zero-order chi connectivity index (χ0) is 8.43. The number of alkyl halides is 2. The molecule has 0 aromatic heterocycles. The summed E-state index contributed by atoms with van der Waals surface area (Å²) in [5.74, 6) is 0. The van der Waals surface area contributed by atoms with Gasteiger partial charge in [-0.15, -0.1) is 0 Å². The first-order valence-corrected chi connectivity index (χ1v) is 3.08. The number of carbonyl (C=O) groups excluding carboxylic acids is 1. The van der Waals surface area contributed by atoms with Crippen LogP contribution >= 0.6 is 0 Å². The van der Waals surface area contributed by atoms with Crippen LogP contribution in [0.3, 0.4) is 0 Å². The van der Waals surface area contributed by atoms with E-state index in [1.807, 2.05) is 0 Å². The fraction of sp³-hybridized carbons (Fsp3) is 0.800. The quantitative estimate of drug-likeness (QED) is 0.587. The van der Waals surface area contributed by atoms with Gasteiger partial charge in [0, 0.05) is 13.1 Å². The van der Waals surface area contributed by atoms with Gasteiger partial charge in [0.15, 0.2) is 0 Å². The van der Waals surface area contributed by atoms with Crippen molar-refractivity contribution in [1.82, 2.24) is 4.90 Å². The van der Waals surface area contributed by atoms with Crippen LogP contribution in [0.2, 0.25) is 0 Å². The number of carbonyl (C=O) groups is 1. The van der Waals surface area contributed by atoms with Gasteiger partial charge in [-0.2, -0.15) is 8.78 Å². The molecule has 1 rings (SSSR count). The second kappa shape index (κ2) is 3.00. The lowest BCUT2D eigenvalue weighted by molar-refractivity contribution is -0.119. The molecule has 1 fully saturated rings. The maximum absolute atomic E-state index is 11.7. The molecule has 0 atom stereocenters. The summed E-state index contributed by atoms with van der Waals surface area (Å²) in [7, 11) is 0. The Balaban J connectivity index is 2.14. The Kier molecular flexibility index (Phi) is 2.23. The lowest BCUT2D eigenvalue weighted by Crippen LogP contribution is -2.55. The number of ether oxygens (including phenoxy) is 1. The Hall–Kier alpha value is -0.910. The molecule has 2 N–H and O–H groups in total. The minimum Gasteiger partial charge on any atom is -0.444 e. The summed E-state index contributed by atoms with van der Waals surface area (Å²) in [5, 5.41) is 0. The van der Waals surface area contributed by atoms with Crippen molar-refractivity contribution in [2.45, 2.75) is 12.7 Å². The minimum absolute atomic E-state index is 0.0700. The molecule has 11 heavy (non-hydrogen) atoms. The largest absolute Gasteiger partial charge is 0.444 e. The molecule has 0 aliphatic carbocycles. The molecule has 6 heteroatoms. The monoisotopic (exact) mass is 166 g/mol. The fourth-order valence-electron chi connectivity index (χ4n) is 0.868. The van der Waals surface area contributed by atoms with E-state index in [-0.39, 0.29) is 13.1 Å². The summed E-state index contributed by atoms with van der Waals surface area (Å²) in [6, 6.07) is 0. The lowest BCUT2D eigenvalue weighted by Gasteiger charge is -2.36. The van der Waals surface area contributed by atoms with Gasteiger partial charge in [0.1, 0.15) is 6.10 Å². The summed E-state index contributed by atoms with van der Waals surface area (Å²) < 4.78 is 27.9. The fourth-order valence-corrected chi connectivity index (χ4v) is 0.868. The van der Waals surface area contributed by atoms with Crippen molar-refractivity contribution in [3.8, 4) is 0 Å². The molecule has 0 bridgehead atoms.